The van der Waals surface area contributed by atoms with Gasteiger partial charge in [0.1, 0.15) is 0 Å². The number of rotatable bonds is 5. The van der Waals surface area contributed by atoms with Crippen molar-refractivity contribution in [3.63, 3.8) is 0 Å². The van der Waals surface area contributed by atoms with Crippen molar-refractivity contribution in [2.45, 2.75) is 76.4 Å². The van der Waals surface area contributed by atoms with Crippen LogP contribution in [0.2, 0.25) is 0 Å². The highest BCUT2D eigenvalue weighted by atomic mass is 16.1. The predicted molar refractivity (Wildman–Crippen MR) is 75.1 cm³/mol. The molecule has 1 rings (SSSR count). The van der Waals surface area contributed by atoms with Gasteiger partial charge < -0.3 is 16.4 Å². The molecule has 0 saturated heterocycles. The quantitative estimate of drug-likeness (QED) is 0.733. The van der Waals surface area contributed by atoms with Gasteiger partial charge in [-0.15, -0.1) is 0 Å². The summed E-state index contributed by atoms with van der Waals surface area (Å²) >= 11 is 0. The van der Waals surface area contributed by atoms with Crippen LogP contribution in [0.1, 0.15) is 58.8 Å². The van der Waals surface area contributed by atoms with Crippen molar-refractivity contribution in [2.75, 3.05) is 7.05 Å². The highest BCUT2D eigenvalue weighted by molar-refractivity contribution is 5.83. The van der Waals surface area contributed by atoms with E-state index in [4.69, 9.17) is 11.5 Å². The smallest absolute Gasteiger partial charge is 0.237 e. The number of amides is 1. The van der Waals surface area contributed by atoms with E-state index in [1.54, 1.807) is 6.92 Å². The van der Waals surface area contributed by atoms with Gasteiger partial charge in [0.15, 0.2) is 0 Å². The van der Waals surface area contributed by atoms with Crippen LogP contribution in [-0.4, -0.2) is 35.5 Å². The largest absolute Gasteiger partial charge is 0.368 e. The van der Waals surface area contributed by atoms with Gasteiger partial charge in [-0.1, -0.05) is 25.7 Å². The molecule has 0 aliphatic heterocycles. The summed E-state index contributed by atoms with van der Waals surface area (Å²) in [7, 11) is 2.15. The summed E-state index contributed by atoms with van der Waals surface area (Å²) in [4.78, 5) is 13.7. The van der Waals surface area contributed by atoms with Gasteiger partial charge in [-0.25, -0.2) is 0 Å². The molecule has 106 valence electrons. The predicted octanol–water partition coefficient (Wildman–Crippen LogP) is 1.62. The Balaban J connectivity index is 2.54. The monoisotopic (exact) mass is 255 g/mol. The van der Waals surface area contributed by atoms with Crippen molar-refractivity contribution >= 4 is 5.91 Å². The molecule has 1 saturated carbocycles. The lowest BCUT2D eigenvalue weighted by Gasteiger charge is -2.36. The van der Waals surface area contributed by atoms with Crippen LogP contribution in [-0.2, 0) is 4.79 Å². The molecule has 0 bridgehead atoms. The fourth-order valence-corrected chi connectivity index (χ4v) is 2.88. The van der Waals surface area contributed by atoms with Crippen molar-refractivity contribution in [1.29, 1.82) is 0 Å². The van der Waals surface area contributed by atoms with E-state index in [2.05, 4.69) is 18.9 Å². The lowest BCUT2D eigenvalue weighted by Crippen LogP contribution is -2.54. The van der Waals surface area contributed by atoms with Gasteiger partial charge in [-0.3, -0.25) is 4.79 Å². The third-order valence-corrected chi connectivity index (χ3v) is 4.38. The van der Waals surface area contributed by atoms with Gasteiger partial charge in [-0.2, -0.15) is 0 Å². The molecule has 1 fully saturated rings. The standard InChI is InChI=1S/C14H29N3O/c1-11(10-14(2,16)13(15)18)17(3)12-8-6-4-5-7-9-12/h11-12H,4-10,16H2,1-3H3,(H2,15,18). The summed E-state index contributed by atoms with van der Waals surface area (Å²) in [5, 5.41) is 0. The summed E-state index contributed by atoms with van der Waals surface area (Å²) in [6, 6.07) is 0.918. The second kappa shape index (κ2) is 6.53. The summed E-state index contributed by atoms with van der Waals surface area (Å²) < 4.78 is 0. The second-order valence-corrected chi connectivity index (χ2v) is 6.15. The Morgan fingerprint density at radius 2 is 1.83 bits per heavy atom. The Morgan fingerprint density at radius 3 is 2.28 bits per heavy atom. The topological polar surface area (TPSA) is 72.3 Å². The number of primary amides is 1. The van der Waals surface area contributed by atoms with Crippen molar-refractivity contribution in [3.8, 4) is 0 Å². The molecule has 2 atom stereocenters. The molecule has 0 aromatic heterocycles. The fourth-order valence-electron chi connectivity index (χ4n) is 2.88. The number of hydrogen-bond acceptors (Lipinski definition) is 3. The lowest BCUT2D eigenvalue weighted by atomic mass is 9.92. The van der Waals surface area contributed by atoms with E-state index in [9.17, 15) is 4.79 Å². The number of carbonyl (C=O) groups excluding carboxylic acids is 1. The Hall–Kier alpha value is -0.610. The summed E-state index contributed by atoms with van der Waals surface area (Å²) in [5.41, 5.74) is 10.4. The third-order valence-electron chi connectivity index (χ3n) is 4.38. The first-order chi connectivity index (χ1) is 8.34. The van der Waals surface area contributed by atoms with Gasteiger partial charge in [0, 0.05) is 12.1 Å². The molecular weight excluding hydrogens is 226 g/mol. The van der Waals surface area contributed by atoms with Gasteiger partial charge >= 0.3 is 0 Å². The van der Waals surface area contributed by atoms with Gasteiger partial charge in [-0.05, 0) is 40.2 Å². The van der Waals surface area contributed by atoms with Gasteiger partial charge in [0.2, 0.25) is 5.91 Å². The first kappa shape index (κ1) is 15.4. The van der Waals surface area contributed by atoms with Crippen molar-refractivity contribution in [3.05, 3.63) is 0 Å². The molecule has 18 heavy (non-hydrogen) atoms. The Morgan fingerprint density at radius 1 is 1.33 bits per heavy atom. The fraction of sp³-hybridized carbons (Fsp3) is 0.929. The summed E-state index contributed by atoms with van der Waals surface area (Å²) in [6.45, 7) is 3.87. The molecule has 0 spiro atoms. The van der Waals surface area contributed by atoms with Crippen LogP contribution in [0.15, 0.2) is 0 Å². The number of carbonyl (C=O) groups is 1. The average molecular weight is 255 g/mol. The number of nitrogens with zero attached hydrogens (tertiary/aromatic N) is 1. The van der Waals surface area contributed by atoms with E-state index in [0.29, 0.717) is 12.5 Å². The molecule has 0 heterocycles. The minimum absolute atomic E-state index is 0.288. The number of nitrogens with two attached hydrogens (primary N) is 2. The third kappa shape index (κ3) is 4.25. The zero-order valence-corrected chi connectivity index (χ0v) is 12.1. The van der Waals surface area contributed by atoms with Crippen LogP contribution in [0.25, 0.3) is 0 Å². The maximum atomic E-state index is 11.3. The minimum Gasteiger partial charge on any atom is -0.368 e. The molecule has 4 heteroatoms. The Bertz CT molecular complexity index is 270. The molecular formula is C14H29N3O. The van der Waals surface area contributed by atoms with E-state index < -0.39 is 11.4 Å². The first-order valence-corrected chi connectivity index (χ1v) is 7.15. The van der Waals surface area contributed by atoms with Crippen LogP contribution >= 0.6 is 0 Å². The van der Waals surface area contributed by atoms with Crippen LogP contribution in [0.5, 0.6) is 0 Å². The van der Waals surface area contributed by atoms with E-state index >= 15 is 0 Å². The van der Waals surface area contributed by atoms with E-state index in [0.717, 1.165) is 0 Å². The SMILES string of the molecule is CC(CC(C)(N)C(N)=O)N(C)C1CCCCCC1. The normalized spacial score (nSPS) is 23.4. The van der Waals surface area contributed by atoms with Crippen molar-refractivity contribution in [2.24, 2.45) is 11.5 Å². The Labute approximate surface area is 111 Å². The highest BCUT2D eigenvalue weighted by Crippen LogP contribution is 2.24. The second-order valence-electron chi connectivity index (χ2n) is 6.15. The van der Waals surface area contributed by atoms with E-state index in [1.807, 2.05) is 0 Å². The molecule has 4 nitrogen and oxygen atoms in total. The molecule has 2 unspecified atom stereocenters. The number of hydrogen-bond donors (Lipinski definition) is 2. The van der Waals surface area contributed by atoms with Gasteiger partial charge in [0.05, 0.1) is 5.54 Å². The Kier molecular flexibility index (Phi) is 5.60. The van der Waals surface area contributed by atoms with Crippen molar-refractivity contribution < 1.29 is 4.79 Å². The van der Waals surface area contributed by atoms with E-state index in [1.165, 1.54) is 38.5 Å². The van der Waals surface area contributed by atoms with Crippen molar-refractivity contribution in [1.82, 2.24) is 4.90 Å². The molecule has 0 radical (unpaired) electrons. The average Bonchev–Trinajstić information content (AvgIpc) is 2.55. The van der Waals surface area contributed by atoms with Gasteiger partial charge in [0.25, 0.3) is 0 Å². The maximum absolute atomic E-state index is 11.3. The minimum atomic E-state index is -0.904. The molecule has 0 aromatic rings. The zero-order chi connectivity index (χ0) is 13.8. The zero-order valence-electron chi connectivity index (χ0n) is 12.1. The van der Waals surface area contributed by atoms with Crippen LogP contribution in [0, 0.1) is 0 Å². The van der Waals surface area contributed by atoms with Crippen LogP contribution in [0.4, 0.5) is 0 Å². The van der Waals surface area contributed by atoms with Crippen LogP contribution in [0.3, 0.4) is 0 Å². The lowest BCUT2D eigenvalue weighted by molar-refractivity contribution is -0.123. The summed E-state index contributed by atoms with van der Waals surface area (Å²) in [5.74, 6) is -0.413. The molecule has 4 N–H and O–H groups in total. The molecule has 0 aromatic carbocycles. The molecule has 1 aliphatic carbocycles. The maximum Gasteiger partial charge on any atom is 0.237 e. The van der Waals surface area contributed by atoms with E-state index in [-0.39, 0.29) is 6.04 Å². The summed E-state index contributed by atoms with van der Waals surface area (Å²) in [6.07, 6.45) is 8.49. The molecule has 1 aliphatic rings. The highest BCUT2D eigenvalue weighted by Gasteiger charge is 2.31. The first-order valence-electron chi connectivity index (χ1n) is 7.15. The molecule has 1 amide bonds. The van der Waals surface area contributed by atoms with Crippen LogP contribution < -0.4 is 11.5 Å².